The van der Waals surface area contributed by atoms with Crippen LogP contribution in [0.3, 0.4) is 0 Å². The zero-order chi connectivity index (χ0) is 19.1. The molecule has 1 aliphatic heterocycles. The molecule has 1 heterocycles. The Morgan fingerprint density at radius 2 is 1.85 bits per heavy atom. The summed E-state index contributed by atoms with van der Waals surface area (Å²) in [4.78, 5) is 28.2. The van der Waals surface area contributed by atoms with Crippen LogP contribution in [-0.2, 0) is 9.59 Å². The Hall–Kier alpha value is -2.05. The molecule has 0 bridgehead atoms. The minimum Gasteiger partial charge on any atom is -0.309 e. The number of amides is 2. The van der Waals surface area contributed by atoms with Crippen molar-refractivity contribution in [3.63, 3.8) is 0 Å². The zero-order valence-electron chi connectivity index (χ0n) is 14.9. The van der Waals surface area contributed by atoms with Crippen LogP contribution < -0.4 is 9.80 Å². The normalized spacial score (nSPS) is 22.0. The minimum absolute atomic E-state index is 0.0788. The summed E-state index contributed by atoms with van der Waals surface area (Å²) >= 11 is 0. The number of nitrogens with zero attached hydrogens (tertiary/aromatic N) is 2. The number of para-hydroxylation sites is 2. The van der Waals surface area contributed by atoms with Crippen molar-refractivity contribution in [1.29, 1.82) is 0 Å². The molecule has 1 aromatic rings. The van der Waals surface area contributed by atoms with Gasteiger partial charge >= 0.3 is 6.18 Å². The van der Waals surface area contributed by atoms with Crippen LogP contribution in [0.15, 0.2) is 24.3 Å². The molecule has 26 heavy (non-hydrogen) atoms. The molecule has 3 rings (SSSR count). The second-order valence-corrected chi connectivity index (χ2v) is 7.24. The quantitative estimate of drug-likeness (QED) is 0.806. The van der Waals surface area contributed by atoms with Crippen LogP contribution >= 0.6 is 0 Å². The number of alkyl halides is 3. The van der Waals surface area contributed by atoms with E-state index >= 15 is 0 Å². The van der Waals surface area contributed by atoms with E-state index in [4.69, 9.17) is 0 Å². The van der Waals surface area contributed by atoms with Crippen LogP contribution in [0.4, 0.5) is 24.5 Å². The fourth-order valence-corrected chi connectivity index (χ4v) is 3.42. The average Bonchev–Trinajstić information content (AvgIpc) is 3.43. The van der Waals surface area contributed by atoms with Gasteiger partial charge < -0.3 is 9.80 Å². The molecule has 1 unspecified atom stereocenters. The molecule has 2 aliphatic rings. The van der Waals surface area contributed by atoms with E-state index in [-0.39, 0.29) is 30.0 Å². The molecule has 0 aromatic heterocycles. The van der Waals surface area contributed by atoms with Gasteiger partial charge in [-0.2, -0.15) is 13.2 Å². The van der Waals surface area contributed by atoms with Gasteiger partial charge in [0.05, 0.1) is 17.3 Å². The van der Waals surface area contributed by atoms with Gasteiger partial charge in [0.2, 0.25) is 11.8 Å². The first-order valence-electron chi connectivity index (χ1n) is 9.01. The van der Waals surface area contributed by atoms with Crippen LogP contribution in [0.1, 0.15) is 33.1 Å². The molecule has 1 saturated carbocycles. The van der Waals surface area contributed by atoms with Gasteiger partial charge in [0.1, 0.15) is 6.54 Å². The van der Waals surface area contributed by atoms with Crippen LogP contribution in [-0.4, -0.2) is 31.1 Å². The summed E-state index contributed by atoms with van der Waals surface area (Å²) in [5.74, 6) is -1.51. The third-order valence-corrected chi connectivity index (χ3v) is 5.29. The van der Waals surface area contributed by atoms with E-state index in [0.29, 0.717) is 12.1 Å². The Morgan fingerprint density at radius 3 is 2.38 bits per heavy atom. The molecular weight excluding hydrogens is 345 g/mol. The number of fused-ring (bicyclic) bond motifs is 1. The standard InChI is InChI=1S/C19H23F3N2O2/c1-3-12(2)14-10-23(17(25)13-8-9-13)15-6-4-5-7-16(15)24(18(14)26)11-19(20,21)22/h4-7,12-14H,3,8-11H2,1-2H3/t12?,14-/m1/s1. The maximum absolute atomic E-state index is 13.2. The van der Waals surface area contributed by atoms with Crippen molar-refractivity contribution < 1.29 is 22.8 Å². The summed E-state index contributed by atoms with van der Waals surface area (Å²) < 4.78 is 39.5. The van der Waals surface area contributed by atoms with E-state index in [1.54, 1.807) is 18.2 Å². The molecule has 0 N–H and O–H groups in total. The molecule has 2 amide bonds. The molecule has 2 atom stereocenters. The lowest BCUT2D eigenvalue weighted by atomic mass is 9.90. The van der Waals surface area contributed by atoms with Crippen molar-refractivity contribution in [3.8, 4) is 0 Å². The van der Waals surface area contributed by atoms with E-state index in [9.17, 15) is 22.8 Å². The van der Waals surface area contributed by atoms with Crippen LogP contribution in [0, 0.1) is 17.8 Å². The lowest BCUT2D eigenvalue weighted by Gasteiger charge is -2.28. The fraction of sp³-hybridized carbons (Fsp3) is 0.579. The molecule has 142 valence electrons. The number of hydrogen-bond acceptors (Lipinski definition) is 2. The summed E-state index contributed by atoms with van der Waals surface area (Å²) in [6.07, 6.45) is -2.27. The average molecular weight is 368 g/mol. The van der Waals surface area contributed by atoms with Crippen molar-refractivity contribution in [2.24, 2.45) is 17.8 Å². The monoisotopic (exact) mass is 368 g/mol. The van der Waals surface area contributed by atoms with Gasteiger partial charge in [-0.3, -0.25) is 9.59 Å². The van der Waals surface area contributed by atoms with Gasteiger partial charge in [-0.25, -0.2) is 0 Å². The third-order valence-electron chi connectivity index (χ3n) is 5.29. The second-order valence-electron chi connectivity index (χ2n) is 7.24. The molecule has 1 aromatic carbocycles. The van der Waals surface area contributed by atoms with Crippen LogP contribution in [0.5, 0.6) is 0 Å². The molecule has 0 spiro atoms. The molecule has 1 fully saturated rings. The lowest BCUT2D eigenvalue weighted by molar-refractivity contribution is -0.135. The molecule has 1 aliphatic carbocycles. The molecular formula is C19H23F3N2O2. The Bertz CT molecular complexity index is 700. The predicted octanol–water partition coefficient (Wildman–Crippen LogP) is 4.00. The summed E-state index contributed by atoms with van der Waals surface area (Å²) in [7, 11) is 0. The van der Waals surface area contributed by atoms with Gasteiger partial charge in [-0.1, -0.05) is 32.4 Å². The number of anilines is 2. The first kappa shape index (κ1) is 18.7. The van der Waals surface area contributed by atoms with E-state index in [0.717, 1.165) is 17.7 Å². The molecule has 0 saturated heterocycles. The zero-order valence-corrected chi connectivity index (χ0v) is 14.9. The Balaban J connectivity index is 2.09. The maximum Gasteiger partial charge on any atom is 0.406 e. The number of rotatable bonds is 4. The Kier molecular flexibility index (Phi) is 4.99. The van der Waals surface area contributed by atoms with Crippen LogP contribution in [0.2, 0.25) is 0 Å². The minimum atomic E-state index is -4.52. The van der Waals surface area contributed by atoms with Crippen molar-refractivity contribution in [2.45, 2.75) is 39.3 Å². The number of carbonyl (C=O) groups excluding carboxylic acids is 2. The van der Waals surface area contributed by atoms with Gasteiger partial charge in [-0.15, -0.1) is 0 Å². The van der Waals surface area contributed by atoms with E-state index < -0.39 is 24.5 Å². The summed E-state index contributed by atoms with van der Waals surface area (Å²) in [5, 5.41) is 0. The molecule has 4 nitrogen and oxygen atoms in total. The highest BCUT2D eigenvalue weighted by molar-refractivity contribution is 6.07. The van der Waals surface area contributed by atoms with Gasteiger partial charge in [0.15, 0.2) is 0 Å². The highest BCUT2D eigenvalue weighted by Crippen LogP contribution is 2.41. The smallest absolute Gasteiger partial charge is 0.309 e. The summed E-state index contributed by atoms with van der Waals surface area (Å²) in [6.45, 7) is 2.54. The van der Waals surface area contributed by atoms with Crippen molar-refractivity contribution in [1.82, 2.24) is 0 Å². The summed E-state index contributed by atoms with van der Waals surface area (Å²) in [6, 6.07) is 6.40. The van der Waals surface area contributed by atoms with Crippen LogP contribution in [0.25, 0.3) is 0 Å². The van der Waals surface area contributed by atoms with Crippen molar-refractivity contribution >= 4 is 23.2 Å². The van der Waals surface area contributed by atoms with E-state index in [1.807, 2.05) is 13.8 Å². The Morgan fingerprint density at radius 1 is 1.23 bits per heavy atom. The number of benzene rings is 1. The SMILES string of the molecule is CCC(C)[C@H]1CN(C(=O)C2CC2)c2ccccc2N(CC(F)(F)F)C1=O. The summed E-state index contributed by atoms with van der Waals surface area (Å²) in [5.41, 5.74) is 0.558. The first-order chi connectivity index (χ1) is 12.2. The topological polar surface area (TPSA) is 40.6 Å². The van der Waals surface area contributed by atoms with E-state index in [2.05, 4.69) is 0 Å². The van der Waals surface area contributed by atoms with Gasteiger partial charge in [-0.05, 0) is 30.9 Å². The predicted molar refractivity (Wildman–Crippen MR) is 92.9 cm³/mol. The lowest BCUT2D eigenvalue weighted by Crippen LogP contribution is -2.45. The third kappa shape index (κ3) is 3.71. The van der Waals surface area contributed by atoms with Gasteiger partial charge in [0.25, 0.3) is 0 Å². The van der Waals surface area contributed by atoms with Crippen molar-refractivity contribution in [2.75, 3.05) is 22.9 Å². The molecule has 7 heteroatoms. The highest BCUT2D eigenvalue weighted by atomic mass is 19.4. The number of hydrogen-bond donors (Lipinski definition) is 0. The Labute approximate surface area is 151 Å². The van der Waals surface area contributed by atoms with E-state index in [1.165, 1.54) is 11.0 Å². The number of carbonyl (C=O) groups is 2. The largest absolute Gasteiger partial charge is 0.406 e. The number of halogens is 3. The first-order valence-corrected chi connectivity index (χ1v) is 9.01. The second kappa shape index (κ2) is 6.93. The van der Waals surface area contributed by atoms with Gasteiger partial charge in [0, 0.05) is 12.5 Å². The highest BCUT2D eigenvalue weighted by Gasteiger charge is 2.44. The maximum atomic E-state index is 13.2. The fourth-order valence-electron chi connectivity index (χ4n) is 3.42. The van der Waals surface area contributed by atoms with Crippen molar-refractivity contribution in [3.05, 3.63) is 24.3 Å². The molecule has 0 radical (unpaired) electrons.